The minimum absolute atomic E-state index is 0.307. The molecule has 0 radical (unpaired) electrons. The number of aromatic nitrogens is 1. The minimum Gasteiger partial charge on any atom is -0.307 e. The van der Waals surface area contributed by atoms with E-state index in [1.54, 1.807) is 6.20 Å². The van der Waals surface area contributed by atoms with Gasteiger partial charge in [-0.3, -0.25) is 4.98 Å². The Labute approximate surface area is 83.6 Å². The third-order valence-electron chi connectivity index (χ3n) is 1.82. The van der Waals surface area contributed by atoms with E-state index in [1.807, 2.05) is 18.3 Å². The smallest absolute Gasteiger partial charge is 0.0315 e. The number of nitrogens with zero attached hydrogens (tertiary/aromatic N) is 1. The molecule has 3 heteroatoms. The first kappa shape index (κ1) is 10.2. The van der Waals surface area contributed by atoms with Crippen LogP contribution in [0, 0.1) is 0 Å². The van der Waals surface area contributed by atoms with Crippen molar-refractivity contribution in [3.8, 4) is 0 Å². The fourth-order valence-corrected chi connectivity index (χ4v) is 1.13. The molecule has 1 aromatic heterocycles. The quantitative estimate of drug-likeness (QED) is 0.801. The summed E-state index contributed by atoms with van der Waals surface area (Å²) in [5, 5.41) is 3.29. The Hall–Kier alpha value is -0.860. The van der Waals surface area contributed by atoms with Crippen molar-refractivity contribution in [3.63, 3.8) is 0 Å². The van der Waals surface area contributed by atoms with Crippen LogP contribution in [-0.2, 0) is 0 Å². The van der Waals surface area contributed by atoms with Crippen LogP contribution in [0.15, 0.2) is 36.1 Å². The number of halogens is 1. The minimum atomic E-state index is 0.307. The molecule has 0 aliphatic heterocycles. The summed E-state index contributed by atoms with van der Waals surface area (Å²) in [6, 6.07) is 4.29. The van der Waals surface area contributed by atoms with E-state index in [9.17, 15) is 0 Å². The van der Waals surface area contributed by atoms with E-state index >= 15 is 0 Å². The third-order valence-corrected chi connectivity index (χ3v) is 1.99. The molecular weight excluding hydrogens is 184 g/mol. The first-order chi connectivity index (χ1) is 6.34. The first-order valence-electron chi connectivity index (χ1n) is 4.23. The van der Waals surface area contributed by atoms with Crippen LogP contribution in [0.3, 0.4) is 0 Å². The molecule has 1 aromatic rings. The van der Waals surface area contributed by atoms with Crippen molar-refractivity contribution in [2.45, 2.75) is 13.0 Å². The molecule has 0 unspecified atom stereocenters. The van der Waals surface area contributed by atoms with Crippen molar-refractivity contribution in [3.05, 3.63) is 41.7 Å². The lowest BCUT2D eigenvalue weighted by Crippen LogP contribution is -2.18. The lowest BCUT2D eigenvalue weighted by atomic mass is 10.1. The van der Waals surface area contributed by atoms with Gasteiger partial charge in [0.05, 0.1) is 0 Å². The maximum absolute atomic E-state index is 5.40. The Morgan fingerprint density at radius 2 is 2.54 bits per heavy atom. The SMILES string of the molecule is C[C@@H](NC/C=C/Cl)c1cccnc1. The fourth-order valence-electron chi connectivity index (χ4n) is 1.04. The summed E-state index contributed by atoms with van der Waals surface area (Å²) in [6.07, 6.45) is 5.51. The van der Waals surface area contributed by atoms with Gasteiger partial charge in [-0.1, -0.05) is 23.7 Å². The summed E-state index contributed by atoms with van der Waals surface area (Å²) < 4.78 is 0. The molecule has 1 rings (SSSR count). The van der Waals surface area contributed by atoms with E-state index in [0.29, 0.717) is 6.04 Å². The second-order valence-corrected chi connectivity index (χ2v) is 3.03. The predicted molar refractivity (Wildman–Crippen MR) is 55.6 cm³/mol. The Bertz CT molecular complexity index is 259. The molecule has 70 valence electrons. The van der Waals surface area contributed by atoms with Gasteiger partial charge >= 0.3 is 0 Å². The summed E-state index contributed by atoms with van der Waals surface area (Å²) in [7, 11) is 0. The average Bonchev–Trinajstić information content (AvgIpc) is 2.19. The van der Waals surface area contributed by atoms with Crippen molar-refractivity contribution in [1.82, 2.24) is 10.3 Å². The normalized spacial score (nSPS) is 13.4. The molecule has 0 spiro atoms. The van der Waals surface area contributed by atoms with Gasteiger partial charge in [-0.05, 0) is 18.6 Å². The summed E-state index contributed by atoms with van der Waals surface area (Å²) in [4.78, 5) is 4.05. The number of rotatable bonds is 4. The summed E-state index contributed by atoms with van der Waals surface area (Å²) in [5.41, 5.74) is 2.70. The molecular formula is C10H13ClN2. The highest BCUT2D eigenvalue weighted by Gasteiger charge is 2.01. The van der Waals surface area contributed by atoms with Crippen LogP contribution in [-0.4, -0.2) is 11.5 Å². The van der Waals surface area contributed by atoms with Crippen molar-refractivity contribution < 1.29 is 0 Å². The van der Waals surface area contributed by atoms with Crippen LogP contribution in [0.2, 0.25) is 0 Å². The van der Waals surface area contributed by atoms with Crippen LogP contribution in [0.1, 0.15) is 18.5 Å². The van der Waals surface area contributed by atoms with Gasteiger partial charge < -0.3 is 5.32 Å². The maximum atomic E-state index is 5.40. The molecule has 0 aromatic carbocycles. The second kappa shape index (κ2) is 5.73. The largest absolute Gasteiger partial charge is 0.307 e. The number of pyridine rings is 1. The molecule has 1 atom stereocenters. The Balaban J connectivity index is 2.44. The number of hydrogen-bond acceptors (Lipinski definition) is 2. The van der Waals surface area contributed by atoms with Gasteiger partial charge in [0.25, 0.3) is 0 Å². The molecule has 2 nitrogen and oxygen atoms in total. The number of nitrogens with one attached hydrogen (secondary N) is 1. The highest BCUT2D eigenvalue weighted by Crippen LogP contribution is 2.08. The van der Waals surface area contributed by atoms with E-state index in [-0.39, 0.29) is 0 Å². The van der Waals surface area contributed by atoms with Gasteiger partial charge in [-0.25, -0.2) is 0 Å². The molecule has 0 saturated heterocycles. The molecule has 1 N–H and O–H groups in total. The zero-order valence-electron chi connectivity index (χ0n) is 7.57. The number of hydrogen-bond donors (Lipinski definition) is 1. The molecule has 0 amide bonds. The van der Waals surface area contributed by atoms with Gasteiger partial charge in [0.15, 0.2) is 0 Å². The zero-order chi connectivity index (χ0) is 9.52. The van der Waals surface area contributed by atoms with Crippen LogP contribution in [0.25, 0.3) is 0 Å². The molecule has 0 bridgehead atoms. The Kier molecular flexibility index (Phi) is 4.50. The van der Waals surface area contributed by atoms with Crippen LogP contribution in [0.5, 0.6) is 0 Å². The maximum Gasteiger partial charge on any atom is 0.0315 e. The predicted octanol–water partition coefficient (Wildman–Crippen LogP) is 2.48. The van der Waals surface area contributed by atoms with E-state index in [4.69, 9.17) is 11.6 Å². The topological polar surface area (TPSA) is 24.9 Å². The standard InChI is InChI=1S/C10H13ClN2/c1-9(13-7-3-5-11)10-4-2-6-12-8-10/h2-6,8-9,13H,7H2,1H3/b5-3+/t9-/m1/s1. The van der Waals surface area contributed by atoms with Crippen LogP contribution in [0.4, 0.5) is 0 Å². The van der Waals surface area contributed by atoms with Gasteiger partial charge in [0, 0.05) is 30.5 Å². The fraction of sp³-hybridized carbons (Fsp3) is 0.300. The van der Waals surface area contributed by atoms with Gasteiger partial charge in [0.1, 0.15) is 0 Å². The lowest BCUT2D eigenvalue weighted by molar-refractivity contribution is 0.615. The van der Waals surface area contributed by atoms with E-state index in [0.717, 1.165) is 6.54 Å². The zero-order valence-corrected chi connectivity index (χ0v) is 8.33. The van der Waals surface area contributed by atoms with Gasteiger partial charge in [0.2, 0.25) is 0 Å². The highest BCUT2D eigenvalue weighted by atomic mass is 35.5. The van der Waals surface area contributed by atoms with Gasteiger partial charge in [-0.2, -0.15) is 0 Å². The van der Waals surface area contributed by atoms with Crippen molar-refractivity contribution in [2.24, 2.45) is 0 Å². The lowest BCUT2D eigenvalue weighted by Gasteiger charge is -2.11. The Morgan fingerprint density at radius 3 is 3.15 bits per heavy atom. The average molecular weight is 197 g/mol. The molecule has 0 fully saturated rings. The summed E-state index contributed by atoms with van der Waals surface area (Å²) in [5.74, 6) is 0. The third kappa shape index (κ3) is 3.57. The monoisotopic (exact) mass is 196 g/mol. The second-order valence-electron chi connectivity index (χ2n) is 2.78. The summed E-state index contributed by atoms with van der Waals surface area (Å²) >= 11 is 5.40. The van der Waals surface area contributed by atoms with E-state index in [2.05, 4.69) is 23.3 Å². The molecule has 0 saturated carbocycles. The Morgan fingerprint density at radius 1 is 1.69 bits per heavy atom. The van der Waals surface area contributed by atoms with Crippen LogP contribution < -0.4 is 5.32 Å². The summed E-state index contributed by atoms with van der Waals surface area (Å²) in [6.45, 7) is 2.87. The molecule has 0 aliphatic rings. The molecule has 13 heavy (non-hydrogen) atoms. The molecule has 0 aliphatic carbocycles. The van der Waals surface area contributed by atoms with Crippen LogP contribution >= 0.6 is 11.6 Å². The highest BCUT2D eigenvalue weighted by molar-refractivity contribution is 6.25. The van der Waals surface area contributed by atoms with Crippen molar-refractivity contribution in [1.29, 1.82) is 0 Å². The van der Waals surface area contributed by atoms with Crippen molar-refractivity contribution >= 4 is 11.6 Å². The van der Waals surface area contributed by atoms with E-state index in [1.165, 1.54) is 11.1 Å². The van der Waals surface area contributed by atoms with E-state index < -0.39 is 0 Å². The van der Waals surface area contributed by atoms with Gasteiger partial charge in [-0.15, -0.1) is 0 Å². The molecule has 1 heterocycles. The first-order valence-corrected chi connectivity index (χ1v) is 4.66. The van der Waals surface area contributed by atoms with Crippen molar-refractivity contribution in [2.75, 3.05) is 6.54 Å².